The Labute approximate surface area is 197 Å². The number of halogens is 1. The lowest BCUT2D eigenvalue weighted by molar-refractivity contribution is 0.0383. The first-order valence-corrected chi connectivity index (χ1v) is 11.9. The molecule has 2 aliphatic heterocycles. The molecule has 170 valence electrons. The van der Waals surface area contributed by atoms with Gasteiger partial charge in [-0.1, -0.05) is 12.1 Å². The number of ether oxygens (including phenoxy) is 1. The maximum absolute atomic E-state index is 13.1. The van der Waals surface area contributed by atoms with Crippen LogP contribution < -0.4 is 15.5 Å². The highest BCUT2D eigenvalue weighted by Crippen LogP contribution is 2.28. The monoisotopic (exact) mass is 500 g/mol. The summed E-state index contributed by atoms with van der Waals surface area (Å²) in [4.78, 5) is 30.4. The van der Waals surface area contributed by atoms with Gasteiger partial charge in [0.2, 0.25) is 0 Å². The van der Waals surface area contributed by atoms with Gasteiger partial charge in [-0.25, -0.2) is 0 Å². The predicted octanol–water partition coefficient (Wildman–Crippen LogP) is 3.36. The average Bonchev–Trinajstić information content (AvgIpc) is 3.35. The molecule has 2 heterocycles. The van der Waals surface area contributed by atoms with Crippen LogP contribution in [0.25, 0.3) is 0 Å². The largest absolute Gasteiger partial charge is 0.379 e. The zero-order chi connectivity index (χ0) is 22.3. The summed E-state index contributed by atoms with van der Waals surface area (Å²) in [6, 6.07) is 12.9. The van der Waals surface area contributed by atoms with Crippen LogP contribution in [0.15, 0.2) is 46.9 Å². The molecule has 2 saturated heterocycles. The average molecular weight is 501 g/mol. The van der Waals surface area contributed by atoms with E-state index in [-0.39, 0.29) is 11.8 Å². The van der Waals surface area contributed by atoms with Crippen LogP contribution in [0.5, 0.6) is 0 Å². The molecule has 2 N–H and O–H groups in total. The number of carbonyl (C=O) groups is 2. The Morgan fingerprint density at radius 1 is 0.938 bits per heavy atom. The molecule has 0 unspecified atom stereocenters. The van der Waals surface area contributed by atoms with Crippen molar-refractivity contribution in [2.45, 2.75) is 12.8 Å². The van der Waals surface area contributed by atoms with Crippen LogP contribution in [-0.2, 0) is 4.74 Å². The van der Waals surface area contributed by atoms with Gasteiger partial charge in [-0.05, 0) is 59.1 Å². The molecule has 2 aromatic rings. The van der Waals surface area contributed by atoms with Crippen LogP contribution in [-0.4, -0.2) is 69.2 Å². The number of hydrogen-bond donors (Lipinski definition) is 2. The lowest BCUT2D eigenvalue weighted by Crippen LogP contribution is -2.41. The van der Waals surface area contributed by atoms with Crippen LogP contribution in [0.3, 0.4) is 0 Å². The third-order valence-electron chi connectivity index (χ3n) is 5.88. The zero-order valence-electron chi connectivity index (χ0n) is 18.1. The lowest BCUT2D eigenvalue weighted by atomic mass is 10.1. The topological polar surface area (TPSA) is 73.9 Å². The molecule has 0 spiro atoms. The molecule has 2 aliphatic rings. The van der Waals surface area contributed by atoms with Crippen molar-refractivity contribution in [2.24, 2.45) is 0 Å². The minimum atomic E-state index is -0.218. The van der Waals surface area contributed by atoms with Crippen molar-refractivity contribution in [1.82, 2.24) is 10.2 Å². The van der Waals surface area contributed by atoms with E-state index in [2.05, 4.69) is 36.4 Å². The number of benzene rings is 2. The van der Waals surface area contributed by atoms with E-state index >= 15 is 0 Å². The maximum atomic E-state index is 13.1. The fraction of sp³-hybridized carbons (Fsp3) is 0.417. The Bertz CT molecular complexity index is 956. The molecule has 0 atom stereocenters. The molecule has 7 nitrogen and oxygen atoms in total. The minimum Gasteiger partial charge on any atom is -0.379 e. The van der Waals surface area contributed by atoms with Crippen molar-refractivity contribution < 1.29 is 14.3 Å². The fourth-order valence-corrected chi connectivity index (χ4v) is 4.59. The van der Waals surface area contributed by atoms with E-state index in [4.69, 9.17) is 4.74 Å². The van der Waals surface area contributed by atoms with Crippen molar-refractivity contribution in [2.75, 3.05) is 62.7 Å². The second-order valence-electron chi connectivity index (χ2n) is 8.07. The molecule has 8 heteroatoms. The van der Waals surface area contributed by atoms with E-state index in [9.17, 15) is 9.59 Å². The summed E-state index contributed by atoms with van der Waals surface area (Å²) in [5, 5.41) is 5.99. The second kappa shape index (κ2) is 10.9. The number of morpholine rings is 1. The molecule has 32 heavy (non-hydrogen) atoms. The first-order valence-electron chi connectivity index (χ1n) is 11.1. The van der Waals surface area contributed by atoms with Gasteiger partial charge in [0, 0.05) is 55.1 Å². The van der Waals surface area contributed by atoms with Gasteiger partial charge in [0.05, 0.1) is 24.3 Å². The minimum absolute atomic E-state index is 0.114. The van der Waals surface area contributed by atoms with E-state index in [1.54, 1.807) is 12.1 Å². The van der Waals surface area contributed by atoms with Crippen LogP contribution in [0.4, 0.5) is 11.4 Å². The van der Waals surface area contributed by atoms with Crippen LogP contribution in [0, 0.1) is 0 Å². The highest BCUT2D eigenvalue weighted by Gasteiger charge is 2.21. The molecule has 2 fully saturated rings. The Hall–Kier alpha value is -2.42. The van der Waals surface area contributed by atoms with Crippen LogP contribution >= 0.6 is 15.9 Å². The van der Waals surface area contributed by atoms with E-state index in [1.165, 1.54) is 0 Å². The number of carbonyl (C=O) groups excluding carboxylic acids is 2. The molecule has 0 aliphatic carbocycles. The standard InChI is InChI=1S/C24H29BrN4O3/c25-21-6-2-1-5-19(21)24(31)27-18-7-8-22(29-10-3-4-11-29)20(17-18)23(30)26-9-12-28-13-15-32-16-14-28/h1-2,5-8,17H,3-4,9-16H2,(H,26,30)(H,27,31). The van der Waals surface area contributed by atoms with Crippen molar-refractivity contribution in [3.05, 3.63) is 58.1 Å². The Morgan fingerprint density at radius 2 is 1.69 bits per heavy atom. The number of nitrogens with zero attached hydrogens (tertiary/aromatic N) is 2. The Balaban J connectivity index is 1.48. The molecule has 0 saturated carbocycles. The molecule has 2 aromatic carbocycles. The normalized spacial score (nSPS) is 16.7. The van der Waals surface area contributed by atoms with Crippen molar-refractivity contribution in [3.8, 4) is 0 Å². The number of hydrogen-bond acceptors (Lipinski definition) is 5. The first kappa shape index (κ1) is 22.8. The number of anilines is 2. The third kappa shape index (κ3) is 5.68. The van der Waals surface area contributed by atoms with Gasteiger partial charge in [-0.2, -0.15) is 0 Å². The van der Waals surface area contributed by atoms with Crippen molar-refractivity contribution >= 4 is 39.1 Å². The molecule has 2 amide bonds. The van der Waals surface area contributed by atoms with Gasteiger partial charge in [0.25, 0.3) is 11.8 Å². The highest BCUT2D eigenvalue weighted by molar-refractivity contribution is 9.10. The summed E-state index contributed by atoms with van der Waals surface area (Å²) < 4.78 is 6.11. The van der Waals surface area contributed by atoms with E-state index in [0.29, 0.717) is 23.4 Å². The van der Waals surface area contributed by atoms with E-state index in [0.717, 1.165) is 68.9 Å². The molecule has 0 aromatic heterocycles. The molecule has 4 rings (SSSR count). The highest BCUT2D eigenvalue weighted by atomic mass is 79.9. The van der Waals surface area contributed by atoms with Crippen LogP contribution in [0.1, 0.15) is 33.6 Å². The Kier molecular flexibility index (Phi) is 7.78. The third-order valence-corrected chi connectivity index (χ3v) is 6.57. The number of rotatable bonds is 7. The van der Waals surface area contributed by atoms with Gasteiger partial charge in [0.1, 0.15) is 0 Å². The van der Waals surface area contributed by atoms with E-state index in [1.807, 2.05) is 30.3 Å². The summed E-state index contributed by atoms with van der Waals surface area (Å²) in [5.74, 6) is -0.331. The first-order chi connectivity index (χ1) is 15.6. The van der Waals surface area contributed by atoms with Gasteiger partial charge >= 0.3 is 0 Å². The second-order valence-corrected chi connectivity index (χ2v) is 8.92. The Morgan fingerprint density at radius 3 is 2.44 bits per heavy atom. The smallest absolute Gasteiger partial charge is 0.256 e. The summed E-state index contributed by atoms with van der Waals surface area (Å²) in [6.07, 6.45) is 2.25. The van der Waals surface area contributed by atoms with Gasteiger partial charge < -0.3 is 20.3 Å². The van der Waals surface area contributed by atoms with Crippen molar-refractivity contribution in [3.63, 3.8) is 0 Å². The molecular formula is C24H29BrN4O3. The summed E-state index contributed by atoms with van der Waals surface area (Å²) >= 11 is 3.42. The SMILES string of the molecule is O=C(Nc1ccc(N2CCCC2)c(C(=O)NCCN2CCOCC2)c1)c1ccccc1Br. The van der Waals surface area contributed by atoms with E-state index < -0.39 is 0 Å². The zero-order valence-corrected chi connectivity index (χ0v) is 19.7. The van der Waals surface area contributed by atoms with Crippen LogP contribution in [0.2, 0.25) is 0 Å². The quantitative estimate of drug-likeness (QED) is 0.609. The number of amides is 2. The predicted molar refractivity (Wildman–Crippen MR) is 130 cm³/mol. The lowest BCUT2D eigenvalue weighted by Gasteiger charge is -2.26. The number of nitrogens with one attached hydrogen (secondary N) is 2. The van der Waals surface area contributed by atoms with Gasteiger partial charge in [-0.15, -0.1) is 0 Å². The summed E-state index contributed by atoms with van der Waals surface area (Å²) in [5.41, 5.74) is 2.67. The summed E-state index contributed by atoms with van der Waals surface area (Å²) in [6.45, 7) is 6.53. The maximum Gasteiger partial charge on any atom is 0.256 e. The van der Waals surface area contributed by atoms with Gasteiger partial charge in [0.15, 0.2) is 0 Å². The fourth-order valence-electron chi connectivity index (χ4n) is 4.12. The molecular weight excluding hydrogens is 472 g/mol. The molecule has 0 bridgehead atoms. The molecule has 0 radical (unpaired) electrons. The summed E-state index contributed by atoms with van der Waals surface area (Å²) in [7, 11) is 0. The van der Waals surface area contributed by atoms with Crippen molar-refractivity contribution in [1.29, 1.82) is 0 Å². The van der Waals surface area contributed by atoms with Gasteiger partial charge in [-0.3, -0.25) is 14.5 Å².